The van der Waals surface area contributed by atoms with E-state index in [2.05, 4.69) is 0 Å². The SMILES string of the molecule is C[C@]12C=CC(=O)C=C1[C@@H](F)C[C@H]1[C@@H]3CC[C@](O)(C(=O)CO)[C@@]3(C)C[C@H](O)[C@@]12Cl. The van der Waals surface area contributed by atoms with Gasteiger partial charge in [-0.1, -0.05) is 19.9 Å². The molecular weight excluding hydrogens is 387 g/mol. The van der Waals surface area contributed by atoms with E-state index in [9.17, 15) is 24.9 Å². The molecule has 3 saturated carbocycles. The van der Waals surface area contributed by atoms with Crippen LogP contribution in [0.3, 0.4) is 0 Å². The molecule has 0 bridgehead atoms. The van der Waals surface area contributed by atoms with Crippen LogP contribution in [0.5, 0.6) is 0 Å². The largest absolute Gasteiger partial charge is 0.391 e. The molecule has 154 valence electrons. The van der Waals surface area contributed by atoms with Gasteiger partial charge < -0.3 is 15.3 Å². The number of fused-ring (bicyclic) bond motifs is 5. The molecular formula is C21H26ClFO5. The predicted molar refractivity (Wildman–Crippen MR) is 100 cm³/mol. The smallest absolute Gasteiger partial charge is 0.190 e. The van der Waals surface area contributed by atoms with Crippen molar-refractivity contribution in [1.82, 2.24) is 0 Å². The number of ketones is 2. The summed E-state index contributed by atoms with van der Waals surface area (Å²) in [6.07, 6.45) is 2.40. The van der Waals surface area contributed by atoms with E-state index in [1.54, 1.807) is 19.9 Å². The Bertz CT molecular complexity index is 811. The summed E-state index contributed by atoms with van der Waals surface area (Å²) in [6, 6.07) is 0. The van der Waals surface area contributed by atoms with Crippen LogP contribution in [0, 0.1) is 22.7 Å². The standard InChI is InChI=1S/C21H26ClFO5/c1-18-5-3-11(25)7-14(18)15(23)8-13-12-4-6-20(28,17(27)10-24)19(12,2)9-16(26)21(13,18)22/h3,5,7,12-13,15-16,24,26,28H,4,6,8-10H2,1-2H3/t12-,13-,15-,16-,18-,19-,20-,21-/m0/s1. The fourth-order valence-electron chi connectivity index (χ4n) is 6.80. The van der Waals surface area contributed by atoms with Crippen LogP contribution < -0.4 is 0 Å². The van der Waals surface area contributed by atoms with Crippen LogP contribution >= 0.6 is 11.6 Å². The Labute approximate surface area is 168 Å². The first-order chi connectivity index (χ1) is 13.0. The summed E-state index contributed by atoms with van der Waals surface area (Å²) >= 11 is 7.15. The highest BCUT2D eigenvalue weighted by molar-refractivity contribution is 6.26. The van der Waals surface area contributed by atoms with Gasteiger partial charge in [-0.25, -0.2) is 4.39 Å². The van der Waals surface area contributed by atoms with E-state index in [0.29, 0.717) is 6.42 Å². The Morgan fingerprint density at radius 2 is 2.04 bits per heavy atom. The van der Waals surface area contributed by atoms with Crippen molar-refractivity contribution < 1.29 is 29.3 Å². The fourth-order valence-corrected chi connectivity index (χ4v) is 7.29. The molecule has 4 aliphatic rings. The number of Topliss-reactive ketones (excluding diaryl/α,β-unsaturated/α-hetero) is 1. The van der Waals surface area contributed by atoms with Gasteiger partial charge in [0.2, 0.25) is 0 Å². The summed E-state index contributed by atoms with van der Waals surface area (Å²) in [4.78, 5) is 23.0. The molecule has 3 N–H and O–H groups in total. The number of carbonyl (C=O) groups excluding carboxylic acids is 2. The first kappa shape index (κ1) is 20.2. The number of aliphatic hydroxyl groups excluding tert-OH is 2. The van der Waals surface area contributed by atoms with Crippen LogP contribution in [0.25, 0.3) is 0 Å². The second kappa shape index (κ2) is 5.97. The molecule has 4 aliphatic carbocycles. The zero-order chi connectivity index (χ0) is 20.7. The molecule has 4 rings (SSSR count). The number of alkyl halides is 2. The van der Waals surface area contributed by atoms with Gasteiger partial charge >= 0.3 is 0 Å². The highest BCUT2D eigenvalue weighted by Crippen LogP contribution is 2.70. The summed E-state index contributed by atoms with van der Waals surface area (Å²) in [5.41, 5.74) is -3.55. The normalized spacial score (nSPS) is 52.5. The molecule has 3 fully saturated rings. The highest BCUT2D eigenvalue weighted by Gasteiger charge is 2.73. The Hall–Kier alpha value is -1.08. The third kappa shape index (κ3) is 2.12. The van der Waals surface area contributed by atoms with Crippen molar-refractivity contribution in [2.24, 2.45) is 22.7 Å². The molecule has 0 radical (unpaired) electrons. The average Bonchev–Trinajstić information content (AvgIpc) is 2.91. The zero-order valence-electron chi connectivity index (χ0n) is 16.0. The van der Waals surface area contributed by atoms with Crippen molar-refractivity contribution in [3.8, 4) is 0 Å². The predicted octanol–water partition coefficient (Wildman–Crippen LogP) is 1.87. The first-order valence-electron chi connectivity index (χ1n) is 9.78. The van der Waals surface area contributed by atoms with Crippen LogP contribution in [0.1, 0.15) is 39.5 Å². The van der Waals surface area contributed by atoms with Gasteiger partial charge in [0.05, 0.1) is 11.0 Å². The maximum absolute atomic E-state index is 15.2. The van der Waals surface area contributed by atoms with E-state index in [0.717, 1.165) is 0 Å². The van der Waals surface area contributed by atoms with Crippen LogP contribution in [0.15, 0.2) is 23.8 Å². The summed E-state index contributed by atoms with van der Waals surface area (Å²) < 4.78 is 15.2. The van der Waals surface area contributed by atoms with Crippen molar-refractivity contribution in [2.45, 2.75) is 62.3 Å². The molecule has 0 heterocycles. The van der Waals surface area contributed by atoms with Crippen molar-refractivity contribution in [2.75, 3.05) is 6.61 Å². The molecule has 0 saturated heterocycles. The lowest BCUT2D eigenvalue weighted by molar-refractivity contribution is -0.175. The van der Waals surface area contributed by atoms with Crippen LogP contribution in [-0.2, 0) is 9.59 Å². The molecule has 7 heteroatoms. The van der Waals surface area contributed by atoms with Gasteiger partial charge in [-0.3, -0.25) is 9.59 Å². The van der Waals surface area contributed by atoms with E-state index >= 15 is 4.39 Å². The van der Waals surface area contributed by atoms with Crippen molar-refractivity contribution in [1.29, 1.82) is 0 Å². The highest BCUT2D eigenvalue weighted by atomic mass is 35.5. The molecule has 0 aromatic rings. The molecule has 0 aromatic carbocycles. The van der Waals surface area contributed by atoms with Gasteiger partial charge in [0, 0.05) is 10.8 Å². The van der Waals surface area contributed by atoms with Crippen molar-refractivity contribution >= 4 is 23.2 Å². The van der Waals surface area contributed by atoms with Crippen molar-refractivity contribution in [3.63, 3.8) is 0 Å². The third-order valence-electron chi connectivity index (χ3n) is 8.39. The molecule has 0 amide bonds. The number of aliphatic hydroxyl groups is 3. The van der Waals surface area contributed by atoms with E-state index < -0.39 is 51.9 Å². The minimum Gasteiger partial charge on any atom is -0.391 e. The number of allylic oxidation sites excluding steroid dienone is 4. The van der Waals surface area contributed by atoms with E-state index in [1.807, 2.05) is 0 Å². The summed E-state index contributed by atoms with van der Waals surface area (Å²) in [6.45, 7) is 2.70. The Morgan fingerprint density at radius 1 is 1.36 bits per heavy atom. The number of halogens is 2. The number of carbonyl (C=O) groups is 2. The minimum atomic E-state index is -1.77. The minimum absolute atomic E-state index is 0.0206. The number of rotatable bonds is 2. The van der Waals surface area contributed by atoms with Crippen LogP contribution in [0.4, 0.5) is 4.39 Å². The van der Waals surface area contributed by atoms with Gasteiger partial charge in [0.1, 0.15) is 18.4 Å². The van der Waals surface area contributed by atoms with Crippen LogP contribution in [0.2, 0.25) is 0 Å². The second-order valence-electron chi connectivity index (χ2n) is 9.34. The lowest BCUT2D eigenvalue weighted by Crippen LogP contribution is -2.69. The topological polar surface area (TPSA) is 94.8 Å². The summed E-state index contributed by atoms with van der Waals surface area (Å²) in [5, 5.41) is 31.8. The molecule has 0 aliphatic heterocycles. The first-order valence-corrected chi connectivity index (χ1v) is 10.2. The van der Waals surface area contributed by atoms with Gasteiger partial charge in [0.25, 0.3) is 0 Å². The summed E-state index contributed by atoms with van der Waals surface area (Å²) in [5.74, 6) is -1.77. The second-order valence-corrected chi connectivity index (χ2v) is 9.97. The van der Waals surface area contributed by atoms with Gasteiger partial charge in [-0.2, -0.15) is 0 Å². The lowest BCUT2D eigenvalue weighted by Gasteiger charge is -2.64. The summed E-state index contributed by atoms with van der Waals surface area (Å²) in [7, 11) is 0. The maximum Gasteiger partial charge on any atom is 0.190 e. The Kier molecular flexibility index (Phi) is 4.31. The average molecular weight is 413 g/mol. The third-order valence-corrected chi connectivity index (χ3v) is 9.31. The fraction of sp³-hybridized carbons (Fsp3) is 0.714. The lowest BCUT2D eigenvalue weighted by atomic mass is 9.45. The quantitative estimate of drug-likeness (QED) is 0.602. The molecule has 0 unspecified atom stereocenters. The van der Waals surface area contributed by atoms with Gasteiger partial charge in [-0.15, -0.1) is 11.6 Å². The van der Waals surface area contributed by atoms with Gasteiger partial charge in [-0.05, 0) is 55.2 Å². The van der Waals surface area contributed by atoms with Gasteiger partial charge in [0.15, 0.2) is 11.6 Å². The molecule has 8 atom stereocenters. The molecule has 0 spiro atoms. The van der Waals surface area contributed by atoms with Crippen molar-refractivity contribution in [3.05, 3.63) is 23.8 Å². The Balaban J connectivity index is 1.84. The molecule has 5 nitrogen and oxygen atoms in total. The number of hydrogen-bond acceptors (Lipinski definition) is 5. The van der Waals surface area contributed by atoms with E-state index in [-0.39, 0.29) is 36.5 Å². The maximum atomic E-state index is 15.2. The molecule has 0 aromatic heterocycles. The van der Waals surface area contributed by atoms with Crippen LogP contribution in [-0.4, -0.2) is 56.2 Å². The molecule has 28 heavy (non-hydrogen) atoms. The monoisotopic (exact) mass is 412 g/mol. The Morgan fingerprint density at radius 3 is 2.68 bits per heavy atom. The zero-order valence-corrected chi connectivity index (χ0v) is 16.7. The number of hydrogen-bond donors (Lipinski definition) is 3. The van der Waals surface area contributed by atoms with E-state index in [4.69, 9.17) is 11.6 Å². The van der Waals surface area contributed by atoms with E-state index in [1.165, 1.54) is 12.2 Å².